The molecule has 0 spiro atoms. The van der Waals surface area contributed by atoms with Gasteiger partial charge >= 0.3 is 0 Å². The number of nitrogens with zero attached hydrogens (tertiary/aromatic N) is 1. The Morgan fingerprint density at radius 1 is 1.30 bits per heavy atom. The van der Waals surface area contributed by atoms with Crippen LogP contribution in [-0.4, -0.2) is 46.3 Å². The van der Waals surface area contributed by atoms with Crippen molar-refractivity contribution < 1.29 is 9.53 Å². The third kappa shape index (κ3) is 6.04. The lowest BCUT2D eigenvalue weighted by atomic mass is 10.2. The average Bonchev–Trinajstić information content (AvgIpc) is 2.46. The fourth-order valence-electron chi connectivity index (χ4n) is 1.79. The van der Waals surface area contributed by atoms with Crippen molar-refractivity contribution in [3.8, 4) is 0 Å². The van der Waals surface area contributed by atoms with Crippen molar-refractivity contribution in [2.45, 2.75) is 13.5 Å². The first-order chi connectivity index (χ1) is 9.67. The van der Waals surface area contributed by atoms with E-state index in [-0.39, 0.29) is 5.91 Å². The highest BCUT2D eigenvalue weighted by Gasteiger charge is 2.06. The van der Waals surface area contributed by atoms with Crippen molar-refractivity contribution in [3.63, 3.8) is 0 Å². The van der Waals surface area contributed by atoms with E-state index in [1.54, 1.807) is 7.11 Å². The number of rotatable bonds is 9. The van der Waals surface area contributed by atoms with Gasteiger partial charge in [-0.2, -0.15) is 0 Å². The molecule has 1 aromatic rings. The Kier molecular flexibility index (Phi) is 7.69. The third-order valence-corrected chi connectivity index (χ3v) is 2.97. The van der Waals surface area contributed by atoms with Crippen LogP contribution in [0.4, 0.5) is 5.69 Å². The minimum Gasteiger partial charge on any atom is -0.383 e. The number of anilines is 1. The summed E-state index contributed by atoms with van der Waals surface area (Å²) >= 11 is 0. The quantitative estimate of drug-likeness (QED) is 0.662. The highest BCUT2D eigenvalue weighted by molar-refractivity contribution is 5.81. The fourth-order valence-corrected chi connectivity index (χ4v) is 1.79. The van der Waals surface area contributed by atoms with Crippen LogP contribution in [0.5, 0.6) is 0 Å². The van der Waals surface area contributed by atoms with E-state index in [1.165, 1.54) is 5.56 Å². The molecule has 0 heterocycles. The van der Waals surface area contributed by atoms with Gasteiger partial charge in [0, 0.05) is 32.9 Å². The molecule has 2 N–H and O–H groups in total. The zero-order valence-electron chi connectivity index (χ0n) is 12.6. The largest absolute Gasteiger partial charge is 0.383 e. The van der Waals surface area contributed by atoms with E-state index in [9.17, 15) is 4.79 Å². The van der Waals surface area contributed by atoms with Gasteiger partial charge in [0.1, 0.15) is 0 Å². The van der Waals surface area contributed by atoms with Crippen LogP contribution < -0.4 is 15.5 Å². The van der Waals surface area contributed by atoms with Crippen molar-refractivity contribution in [1.82, 2.24) is 10.6 Å². The minimum atomic E-state index is 0.00118. The first kappa shape index (κ1) is 16.5. The molecule has 0 atom stereocenters. The maximum Gasteiger partial charge on any atom is 0.239 e. The minimum absolute atomic E-state index is 0.00118. The molecular weight excluding hydrogens is 254 g/mol. The van der Waals surface area contributed by atoms with E-state index in [0.29, 0.717) is 19.7 Å². The molecule has 0 aliphatic heterocycles. The molecule has 0 bridgehead atoms. The molecule has 0 saturated heterocycles. The van der Waals surface area contributed by atoms with Gasteiger partial charge in [-0.15, -0.1) is 0 Å². The molecule has 112 valence electrons. The fraction of sp³-hybridized carbons (Fsp3) is 0.533. The molecule has 0 radical (unpaired) electrons. The van der Waals surface area contributed by atoms with Gasteiger partial charge in [0.2, 0.25) is 5.91 Å². The predicted molar refractivity (Wildman–Crippen MR) is 82.0 cm³/mol. The summed E-state index contributed by atoms with van der Waals surface area (Å²) in [6.07, 6.45) is 0. The smallest absolute Gasteiger partial charge is 0.239 e. The van der Waals surface area contributed by atoms with Gasteiger partial charge < -0.3 is 20.3 Å². The van der Waals surface area contributed by atoms with Gasteiger partial charge in [-0.3, -0.25) is 4.79 Å². The summed E-state index contributed by atoms with van der Waals surface area (Å²) in [5, 5.41) is 6.09. The molecule has 0 fully saturated rings. The van der Waals surface area contributed by atoms with E-state index in [2.05, 4.69) is 29.7 Å². The van der Waals surface area contributed by atoms with Crippen molar-refractivity contribution >= 4 is 11.6 Å². The number of hydrogen-bond acceptors (Lipinski definition) is 4. The molecule has 0 aliphatic rings. The van der Waals surface area contributed by atoms with Crippen LogP contribution >= 0.6 is 0 Å². The normalized spacial score (nSPS) is 10.3. The molecule has 0 saturated carbocycles. The first-order valence-electron chi connectivity index (χ1n) is 6.93. The summed E-state index contributed by atoms with van der Waals surface area (Å²) in [6.45, 7) is 5.35. The molecule has 1 amide bonds. The average molecular weight is 279 g/mol. The number of ether oxygens (including phenoxy) is 1. The summed E-state index contributed by atoms with van der Waals surface area (Å²) in [5.41, 5.74) is 2.28. The molecule has 5 heteroatoms. The van der Waals surface area contributed by atoms with Crippen LogP contribution in [0.2, 0.25) is 0 Å². The Balaban J connectivity index is 2.42. The number of likely N-dealkylation sites (N-methyl/N-ethyl adjacent to an activating group) is 1. The van der Waals surface area contributed by atoms with E-state index in [4.69, 9.17) is 4.74 Å². The molecule has 20 heavy (non-hydrogen) atoms. The first-order valence-corrected chi connectivity index (χ1v) is 6.93. The van der Waals surface area contributed by atoms with Gasteiger partial charge in [-0.25, -0.2) is 0 Å². The Labute approximate surface area is 121 Å². The number of amides is 1. The molecule has 0 aliphatic carbocycles. The van der Waals surface area contributed by atoms with Crippen LogP contribution in [0, 0.1) is 0 Å². The van der Waals surface area contributed by atoms with Gasteiger partial charge in [-0.1, -0.05) is 19.1 Å². The van der Waals surface area contributed by atoms with Crippen molar-refractivity contribution in [1.29, 1.82) is 0 Å². The highest BCUT2D eigenvalue weighted by Crippen LogP contribution is 2.13. The summed E-state index contributed by atoms with van der Waals surface area (Å²) in [6, 6.07) is 8.23. The lowest BCUT2D eigenvalue weighted by Gasteiger charge is -2.19. The van der Waals surface area contributed by atoms with E-state index < -0.39 is 0 Å². The van der Waals surface area contributed by atoms with Crippen molar-refractivity contribution in [2.75, 3.05) is 45.3 Å². The van der Waals surface area contributed by atoms with Crippen LogP contribution in [0.25, 0.3) is 0 Å². The number of methoxy groups -OCH3 is 1. The topological polar surface area (TPSA) is 53.6 Å². The Hall–Kier alpha value is -1.59. The molecular formula is C15H25N3O2. The van der Waals surface area contributed by atoms with Gasteiger partial charge in [0.25, 0.3) is 0 Å². The summed E-state index contributed by atoms with van der Waals surface area (Å²) < 4.78 is 4.89. The molecule has 0 aromatic heterocycles. The number of carbonyl (C=O) groups excluding carboxylic acids is 1. The monoisotopic (exact) mass is 279 g/mol. The van der Waals surface area contributed by atoms with E-state index in [1.807, 2.05) is 24.1 Å². The zero-order valence-corrected chi connectivity index (χ0v) is 12.6. The second-order valence-corrected chi connectivity index (χ2v) is 4.65. The van der Waals surface area contributed by atoms with Gasteiger partial charge in [-0.05, 0) is 24.2 Å². The van der Waals surface area contributed by atoms with E-state index in [0.717, 1.165) is 18.8 Å². The lowest BCUT2D eigenvalue weighted by Crippen LogP contribution is -2.36. The van der Waals surface area contributed by atoms with E-state index >= 15 is 0 Å². The molecule has 5 nitrogen and oxygen atoms in total. The van der Waals surface area contributed by atoms with Crippen LogP contribution in [0.1, 0.15) is 12.5 Å². The van der Waals surface area contributed by atoms with Crippen molar-refractivity contribution in [3.05, 3.63) is 29.8 Å². The van der Waals surface area contributed by atoms with Crippen LogP contribution in [0.15, 0.2) is 24.3 Å². The molecule has 0 unspecified atom stereocenters. The summed E-state index contributed by atoms with van der Waals surface area (Å²) in [4.78, 5) is 13.6. The SMILES string of the molecule is CCNCc1ccc(N(C)CC(=O)NCCOC)cc1. The second kappa shape index (κ2) is 9.34. The second-order valence-electron chi connectivity index (χ2n) is 4.65. The number of hydrogen-bond donors (Lipinski definition) is 2. The van der Waals surface area contributed by atoms with Gasteiger partial charge in [0.15, 0.2) is 0 Å². The van der Waals surface area contributed by atoms with Gasteiger partial charge in [0.05, 0.1) is 13.2 Å². The standard InChI is InChI=1S/C15H25N3O2/c1-4-16-11-13-5-7-14(8-6-13)18(2)12-15(19)17-9-10-20-3/h5-8,16H,4,9-12H2,1-3H3,(H,17,19). The number of nitrogens with one attached hydrogen (secondary N) is 2. The van der Waals surface area contributed by atoms with Crippen LogP contribution in [-0.2, 0) is 16.1 Å². The Bertz CT molecular complexity index is 393. The maximum absolute atomic E-state index is 11.7. The van der Waals surface area contributed by atoms with Crippen LogP contribution in [0.3, 0.4) is 0 Å². The molecule has 1 aromatic carbocycles. The maximum atomic E-state index is 11.7. The number of benzene rings is 1. The summed E-state index contributed by atoms with van der Waals surface area (Å²) in [7, 11) is 3.53. The Morgan fingerprint density at radius 3 is 2.60 bits per heavy atom. The van der Waals surface area contributed by atoms with Crippen molar-refractivity contribution in [2.24, 2.45) is 0 Å². The predicted octanol–water partition coefficient (Wildman–Crippen LogP) is 0.995. The Morgan fingerprint density at radius 2 is 2.00 bits per heavy atom. The summed E-state index contributed by atoms with van der Waals surface area (Å²) in [5.74, 6) is 0.00118. The molecule has 1 rings (SSSR count). The highest BCUT2D eigenvalue weighted by atomic mass is 16.5. The number of carbonyl (C=O) groups is 1. The lowest BCUT2D eigenvalue weighted by molar-refractivity contribution is -0.119. The third-order valence-electron chi connectivity index (χ3n) is 2.97. The zero-order chi connectivity index (χ0) is 14.8.